The summed E-state index contributed by atoms with van der Waals surface area (Å²) in [5.41, 5.74) is 2.45. The van der Waals surface area contributed by atoms with Gasteiger partial charge in [-0.2, -0.15) is 4.99 Å². The summed E-state index contributed by atoms with van der Waals surface area (Å²) in [6, 6.07) is 8.93. The summed E-state index contributed by atoms with van der Waals surface area (Å²) in [7, 11) is 2.23. The van der Waals surface area contributed by atoms with Crippen LogP contribution in [-0.2, 0) is 0 Å². The molecule has 0 fully saturated rings. The lowest BCUT2D eigenvalue weighted by molar-refractivity contribution is 0.413. The van der Waals surface area contributed by atoms with Gasteiger partial charge in [-0.25, -0.2) is 4.48 Å². The molecule has 1 aliphatic heterocycles. The molecule has 0 aromatic heterocycles. The van der Waals surface area contributed by atoms with Crippen LogP contribution in [0.4, 0.5) is 11.4 Å². The van der Waals surface area contributed by atoms with Gasteiger partial charge in [-0.15, -0.1) is 0 Å². The molecule has 2 rings (SSSR count). The van der Waals surface area contributed by atoms with E-state index < -0.39 is 0 Å². The van der Waals surface area contributed by atoms with Crippen molar-refractivity contribution in [2.75, 3.05) is 7.05 Å². The van der Waals surface area contributed by atoms with E-state index in [0.717, 1.165) is 10.2 Å². The highest BCUT2D eigenvalue weighted by atomic mass is 15.4. The average molecular weight is 189 g/mol. The van der Waals surface area contributed by atoms with E-state index in [0.29, 0.717) is 6.04 Å². The van der Waals surface area contributed by atoms with E-state index in [9.17, 15) is 0 Å². The number of hydrogen-bond acceptors (Lipinski definition) is 1. The highest BCUT2D eigenvalue weighted by Gasteiger charge is 2.39. The standard InChI is InChI=1S/C12H17N2/c1-9(2)14(4)10(3)13-11-7-5-6-8-12(11)14/h5-9H,1-4H3/q+1. The van der Waals surface area contributed by atoms with Crippen LogP contribution in [0, 0.1) is 0 Å². The van der Waals surface area contributed by atoms with E-state index in [1.54, 1.807) is 0 Å². The first-order valence-corrected chi connectivity index (χ1v) is 5.08. The summed E-state index contributed by atoms with van der Waals surface area (Å²) in [6.45, 7) is 6.59. The first-order valence-electron chi connectivity index (χ1n) is 5.08. The van der Waals surface area contributed by atoms with Gasteiger partial charge >= 0.3 is 0 Å². The molecule has 2 nitrogen and oxygen atoms in total. The predicted octanol–water partition coefficient (Wildman–Crippen LogP) is 3.10. The molecule has 2 heteroatoms. The maximum atomic E-state index is 4.62. The number of amidine groups is 1. The van der Waals surface area contributed by atoms with Gasteiger partial charge in [-0.05, 0) is 19.9 Å². The van der Waals surface area contributed by atoms with Crippen molar-refractivity contribution in [1.29, 1.82) is 0 Å². The molecule has 1 heterocycles. The van der Waals surface area contributed by atoms with Crippen LogP contribution in [0.1, 0.15) is 20.8 Å². The highest BCUT2D eigenvalue weighted by Crippen LogP contribution is 2.40. The first-order chi connectivity index (χ1) is 6.56. The topological polar surface area (TPSA) is 12.4 Å². The fourth-order valence-corrected chi connectivity index (χ4v) is 2.06. The van der Waals surface area contributed by atoms with Crippen LogP contribution >= 0.6 is 0 Å². The lowest BCUT2D eigenvalue weighted by Crippen LogP contribution is -2.52. The van der Waals surface area contributed by atoms with Gasteiger partial charge in [-0.1, -0.05) is 12.1 Å². The molecule has 0 saturated heterocycles. The summed E-state index contributed by atoms with van der Waals surface area (Å²) in [4.78, 5) is 4.62. The number of benzene rings is 1. The second kappa shape index (κ2) is 2.92. The second-order valence-electron chi connectivity index (χ2n) is 4.32. The molecule has 0 N–H and O–H groups in total. The Morgan fingerprint density at radius 1 is 1.21 bits per heavy atom. The molecule has 0 spiro atoms. The van der Waals surface area contributed by atoms with Crippen LogP contribution in [0.5, 0.6) is 0 Å². The molecule has 0 radical (unpaired) electrons. The molecule has 1 atom stereocenters. The third kappa shape index (κ3) is 1.04. The summed E-state index contributed by atoms with van der Waals surface area (Å²) >= 11 is 0. The van der Waals surface area contributed by atoms with Gasteiger partial charge in [0, 0.05) is 13.0 Å². The van der Waals surface area contributed by atoms with E-state index in [1.165, 1.54) is 11.5 Å². The predicted molar refractivity (Wildman–Crippen MR) is 62.1 cm³/mol. The van der Waals surface area contributed by atoms with Crippen LogP contribution in [-0.4, -0.2) is 18.9 Å². The number of rotatable bonds is 1. The van der Waals surface area contributed by atoms with Gasteiger partial charge in [-0.3, -0.25) is 0 Å². The number of fused-ring (bicyclic) bond motifs is 1. The lowest BCUT2D eigenvalue weighted by Gasteiger charge is -2.33. The number of aliphatic imine (C=N–C) groups is 1. The molecular weight excluding hydrogens is 172 g/mol. The molecule has 0 amide bonds. The van der Waals surface area contributed by atoms with Crippen LogP contribution in [0.25, 0.3) is 0 Å². The Labute approximate surface area is 85.5 Å². The molecule has 1 aliphatic rings. The maximum absolute atomic E-state index is 4.62. The van der Waals surface area contributed by atoms with Crippen molar-refractivity contribution in [3.63, 3.8) is 0 Å². The summed E-state index contributed by atoms with van der Waals surface area (Å²) in [5.74, 6) is 1.18. The van der Waals surface area contributed by atoms with Crippen molar-refractivity contribution in [2.24, 2.45) is 4.99 Å². The van der Waals surface area contributed by atoms with Crippen molar-refractivity contribution in [3.8, 4) is 0 Å². The zero-order valence-electron chi connectivity index (χ0n) is 9.28. The Kier molecular flexibility index (Phi) is 1.96. The summed E-state index contributed by atoms with van der Waals surface area (Å²) in [5, 5.41) is 0. The highest BCUT2D eigenvalue weighted by molar-refractivity contribution is 6.00. The van der Waals surface area contributed by atoms with Gasteiger partial charge in [0.25, 0.3) is 0 Å². The molecule has 74 valence electrons. The van der Waals surface area contributed by atoms with Crippen molar-refractivity contribution >= 4 is 17.2 Å². The molecule has 14 heavy (non-hydrogen) atoms. The van der Waals surface area contributed by atoms with E-state index in [4.69, 9.17) is 0 Å². The molecule has 1 aromatic carbocycles. The fraction of sp³-hybridized carbons (Fsp3) is 0.417. The molecule has 0 bridgehead atoms. The average Bonchev–Trinajstić information content (AvgIpc) is 2.41. The third-order valence-corrected chi connectivity index (χ3v) is 3.37. The Bertz CT molecular complexity index is 393. The normalized spacial score (nSPS) is 25.1. The van der Waals surface area contributed by atoms with Gasteiger partial charge in [0.05, 0.1) is 13.1 Å². The SMILES string of the molecule is CC1=Nc2ccccc2[N+]1(C)C(C)C. The molecule has 1 unspecified atom stereocenters. The quantitative estimate of drug-likeness (QED) is 0.602. The van der Waals surface area contributed by atoms with Gasteiger partial charge < -0.3 is 0 Å². The monoisotopic (exact) mass is 189 g/mol. The second-order valence-corrected chi connectivity index (χ2v) is 4.32. The van der Waals surface area contributed by atoms with Crippen LogP contribution in [0.15, 0.2) is 29.3 Å². The Morgan fingerprint density at radius 3 is 2.50 bits per heavy atom. The zero-order chi connectivity index (χ0) is 10.3. The maximum Gasteiger partial charge on any atom is 0.205 e. The Balaban J connectivity index is 2.62. The number of hydrogen-bond donors (Lipinski definition) is 0. The Hall–Kier alpha value is -1.15. The molecular formula is C12H17N2+. The van der Waals surface area contributed by atoms with E-state index in [1.807, 2.05) is 6.07 Å². The molecule has 0 saturated carbocycles. The third-order valence-electron chi connectivity index (χ3n) is 3.37. The van der Waals surface area contributed by atoms with E-state index >= 15 is 0 Å². The van der Waals surface area contributed by atoms with Crippen molar-refractivity contribution in [1.82, 2.24) is 4.48 Å². The molecule has 1 aromatic rings. The van der Waals surface area contributed by atoms with Crippen LogP contribution in [0.3, 0.4) is 0 Å². The summed E-state index contributed by atoms with van der Waals surface area (Å²) < 4.78 is 0.843. The van der Waals surface area contributed by atoms with E-state index in [-0.39, 0.29) is 0 Å². The Morgan fingerprint density at radius 2 is 1.86 bits per heavy atom. The number of nitrogens with zero attached hydrogens (tertiary/aromatic N) is 2. The fourth-order valence-electron chi connectivity index (χ4n) is 2.06. The smallest absolute Gasteiger partial charge is 0.205 e. The van der Waals surface area contributed by atoms with Crippen molar-refractivity contribution < 1.29 is 0 Å². The van der Waals surface area contributed by atoms with Gasteiger partial charge in [0.1, 0.15) is 5.69 Å². The zero-order valence-corrected chi connectivity index (χ0v) is 9.28. The van der Waals surface area contributed by atoms with E-state index in [2.05, 4.69) is 51.0 Å². The van der Waals surface area contributed by atoms with Crippen molar-refractivity contribution in [2.45, 2.75) is 26.8 Å². The first kappa shape index (κ1) is 9.41. The van der Waals surface area contributed by atoms with Gasteiger partial charge in [0.15, 0.2) is 5.69 Å². The molecule has 0 aliphatic carbocycles. The van der Waals surface area contributed by atoms with Crippen molar-refractivity contribution in [3.05, 3.63) is 24.3 Å². The number of para-hydroxylation sites is 2. The van der Waals surface area contributed by atoms with Crippen LogP contribution < -0.4 is 4.48 Å². The van der Waals surface area contributed by atoms with Crippen LogP contribution in [0.2, 0.25) is 0 Å². The minimum Gasteiger partial charge on any atom is -0.245 e. The lowest BCUT2D eigenvalue weighted by atomic mass is 10.2. The minimum absolute atomic E-state index is 0.530. The minimum atomic E-state index is 0.530. The number of quaternary nitrogens is 1. The largest absolute Gasteiger partial charge is 0.245 e. The van der Waals surface area contributed by atoms with Gasteiger partial charge in [0.2, 0.25) is 5.84 Å². The summed E-state index contributed by atoms with van der Waals surface area (Å²) in [6.07, 6.45) is 0.